The molecule has 0 aromatic heterocycles. The number of carbonyl (C=O) groups is 1. The standard InChI is InChI=1S/C29H19ClF3N3O4/c30-19-4-10-22(11-5-19)38-23-12-8-21(9-13-23)34-28(37)36-16-24(27(35-36)17-1-6-20(31)7-2-17)18-3-14-25-26(15-18)40-29(32,33)39-25/h1-15,35H,16H2,(H,34,37). The van der Waals surface area contributed by atoms with E-state index in [0.717, 1.165) is 0 Å². The van der Waals surface area contributed by atoms with Crippen LogP contribution < -0.4 is 25.0 Å². The monoisotopic (exact) mass is 565 g/mol. The summed E-state index contributed by atoms with van der Waals surface area (Å²) >= 11 is 5.90. The van der Waals surface area contributed by atoms with Gasteiger partial charge in [0.1, 0.15) is 17.3 Å². The van der Waals surface area contributed by atoms with Crippen molar-refractivity contribution in [2.75, 3.05) is 11.9 Å². The van der Waals surface area contributed by atoms with Crippen molar-refractivity contribution in [3.8, 4) is 23.0 Å². The summed E-state index contributed by atoms with van der Waals surface area (Å²) in [5, 5.41) is 4.73. The number of rotatable bonds is 5. The Morgan fingerprint density at radius 3 is 2.20 bits per heavy atom. The Balaban J connectivity index is 1.20. The fourth-order valence-corrected chi connectivity index (χ4v) is 4.39. The molecule has 0 saturated carbocycles. The van der Waals surface area contributed by atoms with E-state index in [9.17, 15) is 18.0 Å². The molecule has 0 atom stereocenters. The van der Waals surface area contributed by atoms with Gasteiger partial charge >= 0.3 is 12.3 Å². The number of hydrogen-bond donors (Lipinski definition) is 2. The molecule has 0 radical (unpaired) electrons. The van der Waals surface area contributed by atoms with Crippen molar-refractivity contribution in [1.82, 2.24) is 10.4 Å². The molecule has 0 fully saturated rings. The summed E-state index contributed by atoms with van der Waals surface area (Å²) in [6, 6.07) is 23.3. The number of anilines is 1. The molecule has 11 heteroatoms. The second-order valence-electron chi connectivity index (χ2n) is 8.90. The van der Waals surface area contributed by atoms with E-state index in [1.807, 2.05) is 0 Å². The van der Waals surface area contributed by atoms with E-state index >= 15 is 0 Å². The number of alkyl halides is 2. The molecular weight excluding hydrogens is 547 g/mol. The molecule has 40 heavy (non-hydrogen) atoms. The smallest absolute Gasteiger partial charge is 0.457 e. The number of ether oxygens (including phenoxy) is 3. The van der Waals surface area contributed by atoms with Crippen LogP contribution in [0.25, 0.3) is 11.3 Å². The third-order valence-electron chi connectivity index (χ3n) is 6.15. The lowest BCUT2D eigenvalue weighted by molar-refractivity contribution is -0.286. The molecule has 0 spiro atoms. The van der Waals surface area contributed by atoms with E-state index in [0.29, 0.717) is 44.6 Å². The van der Waals surface area contributed by atoms with Crippen LogP contribution in [0, 0.1) is 5.82 Å². The van der Waals surface area contributed by atoms with E-state index in [4.69, 9.17) is 16.3 Å². The maximum absolute atomic E-state index is 13.6. The van der Waals surface area contributed by atoms with Crippen LogP contribution in [0.15, 0.2) is 91.0 Å². The first kappa shape index (κ1) is 25.4. The quantitative estimate of drug-likeness (QED) is 0.262. The van der Waals surface area contributed by atoms with Gasteiger partial charge in [0.15, 0.2) is 11.5 Å². The molecular formula is C29H19ClF3N3O4. The van der Waals surface area contributed by atoms with Gasteiger partial charge in [-0.2, -0.15) is 0 Å². The van der Waals surface area contributed by atoms with Crippen LogP contribution in [0.2, 0.25) is 5.02 Å². The van der Waals surface area contributed by atoms with Crippen molar-refractivity contribution in [3.63, 3.8) is 0 Å². The number of hydrogen-bond acceptors (Lipinski definition) is 5. The number of fused-ring (bicyclic) bond motifs is 1. The number of nitrogens with zero attached hydrogens (tertiary/aromatic N) is 1. The molecule has 4 aromatic carbocycles. The molecule has 0 saturated heterocycles. The van der Waals surface area contributed by atoms with Crippen molar-refractivity contribution in [2.45, 2.75) is 6.29 Å². The summed E-state index contributed by atoms with van der Waals surface area (Å²) in [6.45, 7) is 0.0757. The van der Waals surface area contributed by atoms with Crippen LogP contribution in [0.3, 0.4) is 0 Å². The minimum atomic E-state index is -3.76. The number of halogens is 4. The zero-order valence-electron chi connectivity index (χ0n) is 20.5. The average Bonchev–Trinajstić information content (AvgIpc) is 3.51. The van der Waals surface area contributed by atoms with E-state index in [1.54, 1.807) is 66.7 Å². The Bertz CT molecular complexity index is 1610. The Hall–Kier alpha value is -4.83. The molecule has 0 aliphatic carbocycles. The Morgan fingerprint density at radius 2 is 1.50 bits per heavy atom. The molecule has 4 aromatic rings. The molecule has 0 unspecified atom stereocenters. The lowest BCUT2D eigenvalue weighted by atomic mass is 10.00. The number of amides is 2. The fourth-order valence-electron chi connectivity index (χ4n) is 4.27. The van der Waals surface area contributed by atoms with Gasteiger partial charge in [0.2, 0.25) is 0 Å². The second-order valence-corrected chi connectivity index (χ2v) is 9.33. The summed E-state index contributed by atoms with van der Waals surface area (Å²) in [5.41, 5.74) is 5.79. The highest BCUT2D eigenvalue weighted by Gasteiger charge is 2.43. The van der Waals surface area contributed by atoms with Gasteiger partial charge < -0.3 is 19.5 Å². The van der Waals surface area contributed by atoms with Gasteiger partial charge in [0.05, 0.1) is 12.2 Å². The number of nitrogens with one attached hydrogen (secondary N) is 2. The largest absolute Gasteiger partial charge is 0.586 e. The van der Waals surface area contributed by atoms with Gasteiger partial charge in [0.25, 0.3) is 0 Å². The van der Waals surface area contributed by atoms with Crippen LogP contribution in [-0.2, 0) is 0 Å². The predicted octanol–water partition coefficient (Wildman–Crippen LogP) is 7.51. The predicted molar refractivity (Wildman–Crippen MR) is 143 cm³/mol. The maximum atomic E-state index is 13.6. The van der Waals surface area contributed by atoms with Gasteiger partial charge in [-0.3, -0.25) is 5.43 Å². The highest BCUT2D eigenvalue weighted by Crippen LogP contribution is 2.43. The molecule has 2 amide bonds. The maximum Gasteiger partial charge on any atom is 0.586 e. The molecule has 6 rings (SSSR count). The Morgan fingerprint density at radius 1 is 0.875 bits per heavy atom. The third kappa shape index (κ3) is 5.34. The topological polar surface area (TPSA) is 72.1 Å². The van der Waals surface area contributed by atoms with Crippen LogP contribution >= 0.6 is 11.6 Å². The normalized spacial score (nSPS) is 15.2. The van der Waals surface area contributed by atoms with E-state index in [-0.39, 0.29) is 18.0 Å². The number of benzene rings is 4. The second kappa shape index (κ2) is 10.0. The molecule has 2 N–H and O–H groups in total. The van der Waals surface area contributed by atoms with Crippen LogP contribution in [0.4, 0.5) is 23.7 Å². The summed E-state index contributed by atoms with van der Waals surface area (Å²) in [5.74, 6) is 0.531. The molecule has 7 nitrogen and oxygen atoms in total. The highest BCUT2D eigenvalue weighted by molar-refractivity contribution is 6.30. The number of carbonyl (C=O) groups excluding carboxylic acids is 1. The first-order valence-corrected chi connectivity index (χ1v) is 12.4. The van der Waals surface area contributed by atoms with Gasteiger partial charge in [-0.15, -0.1) is 8.78 Å². The first-order chi connectivity index (χ1) is 19.2. The van der Waals surface area contributed by atoms with E-state index in [2.05, 4.69) is 20.2 Å². The molecule has 2 aliphatic heterocycles. The Labute approximate surface area is 231 Å². The minimum Gasteiger partial charge on any atom is -0.457 e. The molecule has 2 aliphatic rings. The number of urea groups is 1. The first-order valence-electron chi connectivity index (χ1n) is 12.0. The van der Waals surface area contributed by atoms with Crippen molar-refractivity contribution < 1.29 is 32.2 Å². The number of hydrazine groups is 1. The third-order valence-corrected chi connectivity index (χ3v) is 6.40. The lowest BCUT2D eigenvalue weighted by Crippen LogP contribution is -2.40. The van der Waals surface area contributed by atoms with Gasteiger partial charge in [-0.05, 0) is 96.1 Å². The molecule has 202 valence electrons. The van der Waals surface area contributed by atoms with Crippen molar-refractivity contribution in [1.29, 1.82) is 0 Å². The lowest BCUT2D eigenvalue weighted by Gasteiger charge is -2.19. The van der Waals surface area contributed by atoms with Crippen LogP contribution in [0.1, 0.15) is 11.1 Å². The van der Waals surface area contributed by atoms with Crippen molar-refractivity contribution >= 4 is 34.6 Å². The highest BCUT2D eigenvalue weighted by atomic mass is 35.5. The summed E-state index contributed by atoms with van der Waals surface area (Å²) < 4.78 is 55.6. The SMILES string of the molecule is O=C(Nc1ccc(Oc2ccc(Cl)cc2)cc1)N1CC(c2ccc3c(c2)OC(F)(F)O3)=C(c2ccc(F)cc2)N1. The van der Waals surface area contributed by atoms with Crippen molar-refractivity contribution in [3.05, 3.63) is 113 Å². The van der Waals surface area contributed by atoms with Gasteiger partial charge in [0, 0.05) is 16.3 Å². The molecule has 0 bridgehead atoms. The zero-order valence-corrected chi connectivity index (χ0v) is 21.2. The van der Waals surface area contributed by atoms with E-state index < -0.39 is 18.1 Å². The van der Waals surface area contributed by atoms with Gasteiger partial charge in [-0.1, -0.05) is 17.7 Å². The van der Waals surface area contributed by atoms with Crippen LogP contribution in [0.5, 0.6) is 23.0 Å². The fraction of sp³-hybridized carbons (Fsp3) is 0.0690. The summed E-state index contributed by atoms with van der Waals surface area (Å²) in [6.07, 6.45) is -3.76. The zero-order chi connectivity index (χ0) is 27.9. The minimum absolute atomic E-state index is 0.0757. The Kier molecular flexibility index (Phi) is 6.39. The van der Waals surface area contributed by atoms with Crippen molar-refractivity contribution in [2.24, 2.45) is 0 Å². The van der Waals surface area contributed by atoms with Gasteiger partial charge in [-0.25, -0.2) is 14.2 Å². The average molecular weight is 566 g/mol. The molecule has 2 heterocycles. The van der Waals surface area contributed by atoms with E-state index in [1.165, 1.54) is 29.3 Å². The van der Waals surface area contributed by atoms with Crippen LogP contribution in [-0.4, -0.2) is 23.9 Å². The summed E-state index contributed by atoms with van der Waals surface area (Å²) in [4.78, 5) is 13.2. The summed E-state index contributed by atoms with van der Waals surface area (Å²) in [7, 11) is 0.